The second kappa shape index (κ2) is 7.69. The van der Waals surface area contributed by atoms with Gasteiger partial charge in [0, 0.05) is 34.4 Å². The number of Topliss-reactive ketones (excluding diaryl/α,β-unsaturated/α-hetero) is 1. The van der Waals surface area contributed by atoms with Crippen molar-refractivity contribution >= 4 is 23.1 Å². The van der Waals surface area contributed by atoms with E-state index in [9.17, 15) is 29.7 Å². The molecule has 1 unspecified atom stereocenters. The molecule has 8 heteroatoms. The lowest BCUT2D eigenvalue weighted by molar-refractivity contribution is -0.135. The van der Waals surface area contributed by atoms with Gasteiger partial charge in [-0.15, -0.1) is 0 Å². The second-order valence-corrected chi connectivity index (χ2v) is 8.85. The molecule has 1 atom stereocenters. The van der Waals surface area contributed by atoms with E-state index in [4.69, 9.17) is 9.47 Å². The lowest BCUT2D eigenvalue weighted by Gasteiger charge is -2.32. The molecule has 37 heavy (non-hydrogen) atoms. The lowest BCUT2D eigenvalue weighted by Crippen LogP contribution is -2.39. The molecule has 2 aliphatic carbocycles. The maximum absolute atomic E-state index is 14.2. The Bertz CT molecular complexity index is 1640. The van der Waals surface area contributed by atoms with Gasteiger partial charge in [-0.3, -0.25) is 9.59 Å². The predicted octanol–water partition coefficient (Wildman–Crippen LogP) is 3.91. The van der Waals surface area contributed by atoms with E-state index in [-0.39, 0.29) is 45.1 Å². The van der Waals surface area contributed by atoms with Crippen molar-refractivity contribution in [3.05, 3.63) is 112 Å². The molecule has 3 N–H and O–H groups in total. The van der Waals surface area contributed by atoms with E-state index in [1.807, 2.05) is 0 Å². The average Bonchev–Trinajstić information content (AvgIpc) is 3.12. The minimum absolute atomic E-state index is 0.00427. The van der Waals surface area contributed by atoms with E-state index in [0.29, 0.717) is 16.9 Å². The molecule has 1 aliphatic heterocycles. The Balaban J connectivity index is 1.81. The van der Waals surface area contributed by atoms with Crippen molar-refractivity contribution in [2.24, 2.45) is 0 Å². The minimum Gasteiger partial charge on any atom is -0.508 e. The summed E-state index contributed by atoms with van der Waals surface area (Å²) in [5.41, 5.74) is -0.947. The van der Waals surface area contributed by atoms with Crippen molar-refractivity contribution in [1.82, 2.24) is 0 Å². The van der Waals surface area contributed by atoms with Gasteiger partial charge in [0.05, 0.1) is 7.11 Å². The number of rotatable bonds is 3. The molecule has 0 amide bonds. The first kappa shape index (κ1) is 22.4. The molecule has 1 heterocycles. The fourth-order valence-corrected chi connectivity index (χ4v) is 5.34. The largest absolute Gasteiger partial charge is 0.508 e. The molecule has 0 saturated carbocycles. The van der Waals surface area contributed by atoms with Gasteiger partial charge in [0.15, 0.2) is 11.6 Å². The molecule has 0 radical (unpaired) electrons. The van der Waals surface area contributed by atoms with Crippen molar-refractivity contribution in [1.29, 1.82) is 0 Å². The molecule has 6 rings (SSSR count). The molecule has 8 nitrogen and oxygen atoms in total. The smallest absolute Gasteiger partial charge is 0.331 e. The molecular weight excluding hydrogens is 476 g/mol. The quantitative estimate of drug-likeness (QED) is 0.369. The molecule has 0 spiro atoms. The summed E-state index contributed by atoms with van der Waals surface area (Å²) in [6.45, 7) is 0. The molecular formula is C29H18O8. The number of aliphatic hydroxyl groups is 1. The zero-order chi connectivity index (χ0) is 26.1. The number of hydrogen-bond acceptors (Lipinski definition) is 8. The number of aromatic hydroxyl groups is 2. The first-order valence-corrected chi connectivity index (χ1v) is 11.3. The van der Waals surface area contributed by atoms with E-state index in [1.54, 1.807) is 24.3 Å². The Labute approximate surface area is 210 Å². The van der Waals surface area contributed by atoms with Crippen LogP contribution < -0.4 is 9.47 Å². The van der Waals surface area contributed by atoms with Crippen molar-refractivity contribution in [2.75, 3.05) is 7.11 Å². The molecule has 0 aromatic heterocycles. The van der Waals surface area contributed by atoms with E-state index in [0.717, 1.165) is 6.08 Å². The van der Waals surface area contributed by atoms with E-state index < -0.39 is 28.7 Å². The van der Waals surface area contributed by atoms with Crippen LogP contribution in [0.4, 0.5) is 0 Å². The zero-order valence-electron chi connectivity index (χ0n) is 19.3. The van der Waals surface area contributed by atoms with Gasteiger partial charge in [0.25, 0.3) is 0 Å². The fourth-order valence-electron chi connectivity index (χ4n) is 5.34. The van der Waals surface area contributed by atoms with Crippen LogP contribution in [0.3, 0.4) is 0 Å². The highest BCUT2D eigenvalue weighted by Crippen LogP contribution is 2.58. The Kier molecular flexibility index (Phi) is 4.65. The Morgan fingerprint density at radius 1 is 0.811 bits per heavy atom. The van der Waals surface area contributed by atoms with Gasteiger partial charge in [-0.2, -0.15) is 0 Å². The Morgan fingerprint density at radius 3 is 2.19 bits per heavy atom. The number of benzene rings is 3. The maximum atomic E-state index is 14.2. The second-order valence-electron chi connectivity index (χ2n) is 8.85. The van der Waals surface area contributed by atoms with E-state index in [2.05, 4.69) is 0 Å². The van der Waals surface area contributed by atoms with E-state index >= 15 is 0 Å². The van der Waals surface area contributed by atoms with Crippen LogP contribution in [0.1, 0.15) is 27.0 Å². The number of ketones is 2. The minimum atomic E-state index is -1.81. The van der Waals surface area contributed by atoms with Crippen LogP contribution in [0.5, 0.6) is 23.0 Å². The van der Waals surface area contributed by atoms with Crippen molar-refractivity contribution in [3.63, 3.8) is 0 Å². The summed E-state index contributed by atoms with van der Waals surface area (Å²) in [6.07, 6.45) is 2.19. The monoisotopic (exact) mass is 494 g/mol. The van der Waals surface area contributed by atoms with Crippen molar-refractivity contribution < 1.29 is 39.2 Å². The normalized spacial score (nSPS) is 20.0. The zero-order valence-corrected chi connectivity index (χ0v) is 19.3. The number of carbonyl (C=O) groups is 3. The first-order chi connectivity index (χ1) is 17.7. The predicted molar refractivity (Wildman–Crippen MR) is 131 cm³/mol. The SMILES string of the molecule is COc1ccc(C23C(=O)Oc4cc(O)cc(c42)C(=O)C(c2ccc(O)cc2)=C2C(O)=CC(=O)C=C23)cc1. The van der Waals surface area contributed by atoms with Gasteiger partial charge < -0.3 is 24.8 Å². The van der Waals surface area contributed by atoms with Gasteiger partial charge in [0.2, 0.25) is 0 Å². The maximum Gasteiger partial charge on any atom is 0.331 e. The highest BCUT2D eigenvalue weighted by molar-refractivity contribution is 6.34. The molecule has 0 saturated heterocycles. The molecule has 3 aliphatic rings. The number of methoxy groups -OCH3 is 1. The molecule has 3 aromatic carbocycles. The number of aliphatic hydroxyl groups excluding tert-OH is 1. The first-order valence-electron chi connectivity index (χ1n) is 11.3. The highest BCUT2D eigenvalue weighted by Gasteiger charge is 2.59. The summed E-state index contributed by atoms with van der Waals surface area (Å²) in [5.74, 6) is -2.34. The topological polar surface area (TPSA) is 130 Å². The van der Waals surface area contributed by atoms with Crippen LogP contribution >= 0.6 is 0 Å². The number of ether oxygens (including phenoxy) is 2. The van der Waals surface area contributed by atoms with E-state index in [1.165, 1.54) is 49.6 Å². The third-order valence-electron chi connectivity index (χ3n) is 6.87. The number of phenols is 2. The van der Waals surface area contributed by atoms with Gasteiger partial charge in [-0.1, -0.05) is 24.3 Å². The standard InChI is InChI=1S/C29H18O8/c1-36-19-8-4-15(5-9-19)29-21-11-18(32)12-22(33)25(21)24(14-2-6-16(30)7-3-14)27(34)20-10-17(31)13-23(26(20)29)37-28(29)35/h2-13,30-31,33H,1H3. The summed E-state index contributed by atoms with van der Waals surface area (Å²) in [5, 5.41) is 31.4. The number of esters is 1. The van der Waals surface area contributed by atoms with Crippen LogP contribution in [0.15, 0.2) is 89.7 Å². The highest BCUT2D eigenvalue weighted by atomic mass is 16.5. The average molecular weight is 494 g/mol. The van der Waals surface area contributed by atoms with Crippen molar-refractivity contribution in [2.45, 2.75) is 5.41 Å². The summed E-state index contributed by atoms with van der Waals surface area (Å²) in [7, 11) is 1.49. The Morgan fingerprint density at radius 2 is 1.51 bits per heavy atom. The van der Waals surface area contributed by atoms with Gasteiger partial charge >= 0.3 is 5.97 Å². The Hall–Kier alpha value is -5.11. The number of fused-ring (bicyclic) bond motifs is 2. The third kappa shape index (κ3) is 2.99. The summed E-state index contributed by atoms with van der Waals surface area (Å²) in [6, 6.07) is 14.7. The number of carbonyl (C=O) groups excluding carboxylic acids is 3. The van der Waals surface area contributed by atoms with Crippen LogP contribution in [0.2, 0.25) is 0 Å². The van der Waals surface area contributed by atoms with Crippen LogP contribution in [-0.2, 0) is 15.0 Å². The van der Waals surface area contributed by atoms with Gasteiger partial charge in [-0.25, -0.2) is 4.79 Å². The molecule has 182 valence electrons. The van der Waals surface area contributed by atoms with Crippen LogP contribution in [-0.4, -0.2) is 40.0 Å². The van der Waals surface area contributed by atoms with Gasteiger partial charge in [-0.05, 0) is 53.1 Å². The third-order valence-corrected chi connectivity index (χ3v) is 6.87. The van der Waals surface area contributed by atoms with Crippen molar-refractivity contribution in [3.8, 4) is 23.0 Å². The summed E-state index contributed by atoms with van der Waals surface area (Å²) >= 11 is 0. The molecule has 3 aromatic rings. The summed E-state index contributed by atoms with van der Waals surface area (Å²) in [4.78, 5) is 40.9. The number of phenolic OH excluding ortho intramolecular Hbond substituents is 2. The molecule has 0 bridgehead atoms. The lowest BCUT2D eigenvalue weighted by atomic mass is 9.66. The fraction of sp³-hybridized carbons (Fsp3) is 0.0690. The van der Waals surface area contributed by atoms with Crippen LogP contribution in [0.25, 0.3) is 5.57 Å². The summed E-state index contributed by atoms with van der Waals surface area (Å²) < 4.78 is 10.9. The number of hydrogen-bond donors (Lipinski definition) is 3. The molecule has 0 fully saturated rings. The van der Waals surface area contributed by atoms with Crippen LogP contribution in [0, 0.1) is 0 Å². The number of allylic oxidation sites excluding steroid dienone is 4. The van der Waals surface area contributed by atoms with Gasteiger partial charge in [0.1, 0.15) is 34.2 Å².